The highest BCUT2D eigenvalue weighted by atomic mass is 19.1. The molecule has 3 aromatic rings. The average Bonchev–Trinajstić information content (AvgIpc) is 2.67. The van der Waals surface area contributed by atoms with Crippen LogP contribution in [-0.4, -0.2) is 11.8 Å². The molecular weight excluding hydrogens is 350 g/mol. The van der Waals surface area contributed by atoms with Gasteiger partial charge in [-0.2, -0.15) is 0 Å². The second-order valence-electron chi connectivity index (χ2n) is 5.80. The molecule has 0 heterocycles. The fourth-order valence-corrected chi connectivity index (χ4v) is 2.56. The Kier molecular flexibility index (Phi) is 5.56. The molecule has 0 saturated heterocycles. The molecule has 4 nitrogen and oxygen atoms in total. The summed E-state index contributed by atoms with van der Waals surface area (Å²) >= 11 is 0. The van der Waals surface area contributed by atoms with Crippen molar-refractivity contribution in [3.8, 4) is 0 Å². The van der Waals surface area contributed by atoms with Crippen LogP contribution < -0.4 is 10.6 Å². The molecule has 0 aromatic heterocycles. The first-order valence-electron chi connectivity index (χ1n) is 8.21. The van der Waals surface area contributed by atoms with E-state index >= 15 is 0 Å². The maximum atomic E-state index is 13.9. The molecule has 0 radical (unpaired) electrons. The summed E-state index contributed by atoms with van der Waals surface area (Å²) in [5, 5.41) is 5.23. The van der Waals surface area contributed by atoms with E-state index in [1.807, 2.05) is 6.07 Å². The molecule has 27 heavy (non-hydrogen) atoms. The van der Waals surface area contributed by atoms with Gasteiger partial charge in [-0.3, -0.25) is 9.59 Å². The van der Waals surface area contributed by atoms with Crippen LogP contribution in [0.15, 0.2) is 78.9 Å². The van der Waals surface area contributed by atoms with Gasteiger partial charge in [-0.15, -0.1) is 0 Å². The van der Waals surface area contributed by atoms with Crippen LogP contribution in [0.4, 0.5) is 14.5 Å². The van der Waals surface area contributed by atoms with Crippen LogP contribution >= 0.6 is 0 Å². The first-order chi connectivity index (χ1) is 13.0. The monoisotopic (exact) mass is 366 g/mol. The molecule has 136 valence electrons. The van der Waals surface area contributed by atoms with Gasteiger partial charge in [0, 0.05) is 11.8 Å². The molecule has 0 fully saturated rings. The average molecular weight is 366 g/mol. The highest BCUT2D eigenvalue weighted by molar-refractivity contribution is 6.01. The Labute approximate surface area is 154 Å². The predicted octanol–water partition coefficient (Wildman–Crippen LogP) is 4.07. The van der Waals surface area contributed by atoms with Crippen molar-refractivity contribution in [3.05, 3.63) is 102 Å². The molecule has 3 aromatic carbocycles. The number of rotatable bonds is 5. The summed E-state index contributed by atoms with van der Waals surface area (Å²) in [7, 11) is 0. The number of amides is 2. The Morgan fingerprint density at radius 1 is 0.815 bits per heavy atom. The predicted molar refractivity (Wildman–Crippen MR) is 98.1 cm³/mol. The number of carbonyl (C=O) groups excluding carboxylic acids is 2. The van der Waals surface area contributed by atoms with Crippen molar-refractivity contribution < 1.29 is 18.4 Å². The maximum Gasteiger partial charge on any atom is 0.255 e. The molecule has 0 bridgehead atoms. The van der Waals surface area contributed by atoms with Gasteiger partial charge in [0.2, 0.25) is 0 Å². The van der Waals surface area contributed by atoms with Crippen molar-refractivity contribution in [3.63, 3.8) is 0 Å². The van der Waals surface area contributed by atoms with Gasteiger partial charge in [0.25, 0.3) is 11.8 Å². The normalized spacial score (nSPS) is 11.5. The highest BCUT2D eigenvalue weighted by Gasteiger charge is 2.24. The van der Waals surface area contributed by atoms with Gasteiger partial charge in [0.1, 0.15) is 17.7 Å². The molecule has 2 amide bonds. The Hall–Kier alpha value is -3.54. The Bertz CT molecular complexity index is 947. The maximum absolute atomic E-state index is 13.9. The molecule has 6 heteroatoms. The van der Waals surface area contributed by atoms with E-state index in [2.05, 4.69) is 10.6 Å². The van der Waals surface area contributed by atoms with Gasteiger partial charge in [0.05, 0.1) is 5.56 Å². The smallest absolute Gasteiger partial charge is 0.255 e. The van der Waals surface area contributed by atoms with Gasteiger partial charge in [-0.05, 0) is 29.8 Å². The summed E-state index contributed by atoms with van der Waals surface area (Å²) in [6.45, 7) is 0. The molecular formula is C21H16F2N2O2. The van der Waals surface area contributed by atoms with Crippen LogP contribution in [0.3, 0.4) is 0 Å². The Morgan fingerprint density at radius 3 is 2.07 bits per heavy atom. The standard InChI is InChI=1S/C21H16F2N2O2/c22-15-11-12-17(18(23)13-15)20(26)25-19(14-7-3-1-4-8-14)21(27)24-16-9-5-2-6-10-16/h1-13,19H,(H,24,27)(H,25,26)/t19-/m1/s1. The zero-order chi connectivity index (χ0) is 19.2. The van der Waals surface area contributed by atoms with Gasteiger partial charge in [-0.1, -0.05) is 48.5 Å². The number of anilines is 1. The Balaban J connectivity index is 1.86. The van der Waals surface area contributed by atoms with E-state index in [0.29, 0.717) is 17.3 Å². The van der Waals surface area contributed by atoms with Crippen molar-refractivity contribution in [2.24, 2.45) is 0 Å². The molecule has 0 aliphatic carbocycles. The number of para-hydroxylation sites is 1. The lowest BCUT2D eigenvalue weighted by molar-refractivity contribution is -0.118. The number of halogens is 2. The third-order valence-corrected chi connectivity index (χ3v) is 3.89. The van der Waals surface area contributed by atoms with Crippen molar-refractivity contribution in [1.82, 2.24) is 5.32 Å². The van der Waals surface area contributed by atoms with Gasteiger partial charge in [-0.25, -0.2) is 8.78 Å². The van der Waals surface area contributed by atoms with E-state index in [1.165, 1.54) is 0 Å². The lowest BCUT2D eigenvalue weighted by Gasteiger charge is -2.19. The minimum Gasteiger partial charge on any atom is -0.336 e. The molecule has 0 unspecified atom stereocenters. The van der Waals surface area contributed by atoms with Crippen LogP contribution in [0.25, 0.3) is 0 Å². The molecule has 0 aliphatic heterocycles. The summed E-state index contributed by atoms with van der Waals surface area (Å²) in [5.41, 5.74) is 0.747. The Morgan fingerprint density at radius 2 is 1.44 bits per heavy atom. The molecule has 0 spiro atoms. The van der Waals surface area contributed by atoms with Crippen LogP contribution in [0.5, 0.6) is 0 Å². The van der Waals surface area contributed by atoms with Gasteiger partial charge < -0.3 is 10.6 Å². The number of carbonyl (C=O) groups is 2. The first kappa shape index (κ1) is 18.3. The van der Waals surface area contributed by atoms with E-state index in [4.69, 9.17) is 0 Å². The zero-order valence-electron chi connectivity index (χ0n) is 14.2. The second-order valence-corrected chi connectivity index (χ2v) is 5.80. The lowest BCUT2D eigenvalue weighted by atomic mass is 10.0. The van der Waals surface area contributed by atoms with E-state index in [1.54, 1.807) is 54.6 Å². The minimum atomic E-state index is -1.05. The molecule has 3 rings (SSSR count). The molecule has 2 N–H and O–H groups in total. The fraction of sp³-hybridized carbons (Fsp3) is 0.0476. The highest BCUT2D eigenvalue weighted by Crippen LogP contribution is 2.18. The SMILES string of the molecule is O=C(N[C@@H](C(=O)Nc1ccccc1)c1ccccc1)c1ccc(F)cc1F. The van der Waals surface area contributed by atoms with Crippen molar-refractivity contribution >= 4 is 17.5 Å². The third kappa shape index (κ3) is 4.55. The molecule has 0 saturated carbocycles. The summed E-state index contributed by atoms with van der Waals surface area (Å²) in [6, 6.07) is 18.9. The third-order valence-electron chi connectivity index (χ3n) is 3.89. The number of nitrogens with one attached hydrogen (secondary N) is 2. The second kappa shape index (κ2) is 8.23. The topological polar surface area (TPSA) is 58.2 Å². The molecule has 0 aliphatic rings. The minimum absolute atomic E-state index is 0.343. The van der Waals surface area contributed by atoms with Crippen molar-refractivity contribution in [2.45, 2.75) is 6.04 Å². The van der Waals surface area contributed by atoms with E-state index in [0.717, 1.165) is 12.1 Å². The largest absolute Gasteiger partial charge is 0.336 e. The molecule has 1 atom stereocenters. The van der Waals surface area contributed by atoms with Gasteiger partial charge >= 0.3 is 0 Å². The summed E-state index contributed by atoms with van der Waals surface area (Å²) in [5.74, 6) is -3.08. The zero-order valence-corrected chi connectivity index (χ0v) is 14.2. The van der Waals surface area contributed by atoms with Crippen molar-refractivity contribution in [1.29, 1.82) is 0 Å². The summed E-state index contributed by atoms with van der Waals surface area (Å²) in [4.78, 5) is 25.2. The number of hydrogen-bond acceptors (Lipinski definition) is 2. The summed E-state index contributed by atoms with van der Waals surface area (Å²) < 4.78 is 27.0. The van der Waals surface area contributed by atoms with Crippen LogP contribution in [0.2, 0.25) is 0 Å². The first-order valence-corrected chi connectivity index (χ1v) is 8.21. The number of hydrogen-bond donors (Lipinski definition) is 2. The van der Waals surface area contributed by atoms with Crippen LogP contribution in [0.1, 0.15) is 22.0 Å². The quantitative estimate of drug-likeness (QED) is 0.715. The summed E-state index contributed by atoms with van der Waals surface area (Å²) in [6.07, 6.45) is 0. The van der Waals surface area contributed by atoms with Crippen molar-refractivity contribution in [2.75, 3.05) is 5.32 Å². The van der Waals surface area contributed by atoms with Crippen LogP contribution in [0, 0.1) is 11.6 Å². The van der Waals surface area contributed by atoms with Gasteiger partial charge in [0.15, 0.2) is 0 Å². The number of benzene rings is 3. The van der Waals surface area contributed by atoms with Crippen LogP contribution in [-0.2, 0) is 4.79 Å². The fourth-order valence-electron chi connectivity index (χ4n) is 2.56. The lowest BCUT2D eigenvalue weighted by Crippen LogP contribution is -2.37. The van der Waals surface area contributed by atoms with E-state index < -0.39 is 29.5 Å². The van der Waals surface area contributed by atoms with E-state index in [9.17, 15) is 18.4 Å². The van der Waals surface area contributed by atoms with E-state index in [-0.39, 0.29) is 5.56 Å².